The Labute approximate surface area is 149 Å². The molecule has 0 fully saturated rings. The second kappa shape index (κ2) is 7.36. The van der Waals surface area contributed by atoms with E-state index >= 15 is 0 Å². The Morgan fingerprint density at radius 1 is 1.12 bits per heavy atom. The highest BCUT2D eigenvalue weighted by atomic mass is 35.5. The number of anilines is 2. The van der Waals surface area contributed by atoms with Gasteiger partial charge in [-0.3, -0.25) is 14.4 Å². The average Bonchev–Trinajstić information content (AvgIpc) is 2.61. The fraction of sp³-hybridized carbons (Fsp3) is 0.167. The third-order valence-electron chi connectivity index (χ3n) is 3.80. The van der Waals surface area contributed by atoms with Crippen LogP contribution in [0.15, 0.2) is 48.5 Å². The highest BCUT2D eigenvalue weighted by Crippen LogP contribution is 2.29. The molecule has 7 heteroatoms. The summed E-state index contributed by atoms with van der Waals surface area (Å²) in [6.45, 7) is 0.154. The SMILES string of the molecule is O=C1CN(C(=O)CCNC(=O)c2ccc(Cl)cc2)c2ccccc2N1. The van der Waals surface area contributed by atoms with Crippen LogP contribution in [-0.4, -0.2) is 30.8 Å². The average molecular weight is 358 g/mol. The molecule has 2 N–H and O–H groups in total. The molecule has 128 valence electrons. The summed E-state index contributed by atoms with van der Waals surface area (Å²) in [5.74, 6) is -0.739. The lowest BCUT2D eigenvalue weighted by Crippen LogP contribution is -2.43. The Kier molecular flexibility index (Phi) is 5.00. The van der Waals surface area contributed by atoms with E-state index in [0.717, 1.165) is 0 Å². The fourth-order valence-electron chi connectivity index (χ4n) is 2.58. The predicted octanol–water partition coefficient (Wildman–Crippen LogP) is 2.45. The van der Waals surface area contributed by atoms with Crippen LogP contribution >= 0.6 is 11.6 Å². The Morgan fingerprint density at radius 2 is 1.84 bits per heavy atom. The van der Waals surface area contributed by atoms with E-state index in [9.17, 15) is 14.4 Å². The lowest BCUT2D eigenvalue weighted by Gasteiger charge is -2.29. The van der Waals surface area contributed by atoms with Crippen molar-refractivity contribution in [3.8, 4) is 0 Å². The molecule has 2 aromatic rings. The molecular formula is C18H16ClN3O3. The van der Waals surface area contributed by atoms with Gasteiger partial charge in [-0.2, -0.15) is 0 Å². The van der Waals surface area contributed by atoms with Gasteiger partial charge in [-0.05, 0) is 36.4 Å². The molecule has 1 heterocycles. The van der Waals surface area contributed by atoms with Crippen molar-refractivity contribution >= 4 is 40.7 Å². The Morgan fingerprint density at radius 3 is 2.60 bits per heavy atom. The van der Waals surface area contributed by atoms with Crippen LogP contribution in [-0.2, 0) is 9.59 Å². The van der Waals surface area contributed by atoms with Gasteiger partial charge in [-0.1, -0.05) is 23.7 Å². The first kappa shape index (κ1) is 17.0. The number of hydrogen-bond acceptors (Lipinski definition) is 3. The zero-order valence-corrected chi connectivity index (χ0v) is 14.0. The molecule has 0 spiro atoms. The summed E-state index contributed by atoms with van der Waals surface area (Å²) in [5, 5.41) is 5.98. The van der Waals surface area contributed by atoms with Gasteiger partial charge in [0.05, 0.1) is 11.4 Å². The standard InChI is InChI=1S/C18H16ClN3O3/c19-13-7-5-12(6-8-13)18(25)20-10-9-17(24)22-11-16(23)21-14-3-1-2-4-15(14)22/h1-8H,9-11H2,(H,20,25)(H,21,23). The van der Waals surface area contributed by atoms with Crippen LogP contribution in [0.4, 0.5) is 11.4 Å². The fourth-order valence-corrected chi connectivity index (χ4v) is 2.70. The van der Waals surface area contributed by atoms with Crippen molar-refractivity contribution in [3.05, 3.63) is 59.1 Å². The van der Waals surface area contributed by atoms with Gasteiger partial charge in [0.1, 0.15) is 6.54 Å². The maximum atomic E-state index is 12.4. The summed E-state index contributed by atoms with van der Waals surface area (Å²) in [7, 11) is 0. The number of rotatable bonds is 4. The molecule has 0 unspecified atom stereocenters. The third-order valence-corrected chi connectivity index (χ3v) is 4.05. The molecule has 0 radical (unpaired) electrons. The van der Waals surface area contributed by atoms with Crippen LogP contribution in [0.2, 0.25) is 5.02 Å². The summed E-state index contributed by atoms with van der Waals surface area (Å²) in [6.07, 6.45) is 0.0982. The number of fused-ring (bicyclic) bond motifs is 1. The molecule has 0 bridgehead atoms. The Balaban J connectivity index is 1.59. The number of nitrogens with one attached hydrogen (secondary N) is 2. The molecule has 25 heavy (non-hydrogen) atoms. The van der Waals surface area contributed by atoms with Crippen molar-refractivity contribution < 1.29 is 14.4 Å². The van der Waals surface area contributed by atoms with Crippen LogP contribution in [0.1, 0.15) is 16.8 Å². The molecule has 0 aliphatic carbocycles. The van der Waals surface area contributed by atoms with Crippen molar-refractivity contribution in [2.45, 2.75) is 6.42 Å². The number of halogens is 1. The van der Waals surface area contributed by atoms with Crippen LogP contribution in [0.25, 0.3) is 0 Å². The van der Waals surface area contributed by atoms with E-state index in [-0.39, 0.29) is 37.2 Å². The number of carbonyl (C=O) groups is 3. The molecular weight excluding hydrogens is 342 g/mol. The number of hydrogen-bond donors (Lipinski definition) is 2. The largest absolute Gasteiger partial charge is 0.352 e. The minimum atomic E-state index is -0.277. The first-order valence-corrected chi connectivity index (χ1v) is 8.15. The van der Waals surface area contributed by atoms with Crippen molar-refractivity contribution in [3.63, 3.8) is 0 Å². The van der Waals surface area contributed by atoms with E-state index in [2.05, 4.69) is 10.6 Å². The number of carbonyl (C=O) groups excluding carboxylic acids is 3. The molecule has 0 saturated carbocycles. The Hall–Kier alpha value is -2.86. The molecule has 2 aromatic carbocycles. The summed E-state index contributed by atoms with van der Waals surface area (Å²) in [4.78, 5) is 37.7. The number of benzene rings is 2. The van der Waals surface area contributed by atoms with Crippen molar-refractivity contribution in [1.82, 2.24) is 5.32 Å². The summed E-state index contributed by atoms with van der Waals surface area (Å²) < 4.78 is 0. The van der Waals surface area contributed by atoms with E-state index in [1.54, 1.807) is 48.5 Å². The quantitative estimate of drug-likeness (QED) is 0.882. The van der Waals surface area contributed by atoms with Gasteiger partial charge < -0.3 is 15.5 Å². The first-order chi connectivity index (χ1) is 12.0. The van der Waals surface area contributed by atoms with Crippen molar-refractivity contribution in [2.24, 2.45) is 0 Å². The van der Waals surface area contributed by atoms with E-state index in [0.29, 0.717) is 22.0 Å². The third kappa shape index (κ3) is 3.97. The lowest BCUT2D eigenvalue weighted by atomic mass is 10.1. The van der Waals surface area contributed by atoms with Gasteiger partial charge in [0.25, 0.3) is 5.91 Å². The molecule has 0 atom stereocenters. The molecule has 0 saturated heterocycles. The summed E-state index contributed by atoms with van der Waals surface area (Å²) >= 11 is 5.79. The number of nitrogens with zero attached hydrogens (tertiary/aromatic N) is 1. The normalized spacial score (nSPS) is 13.0. The number of para-hydroxylation sites is 2. The van der Waals surface area contributed by atoms with E-state index in [1.165, 1.54) is 4.90 Å². The minimum Gasteiger partial charge on any atom is -0.352 e. The zero-order valence-electron chi connectivity index (χ0n) is 13.3. The van der Waals surface area contributed by atoms with Gasteiger partial charge in [0.15, 0.2) is 0 Å². The molecule has 3 rings (SSSR count). The van der Waals surface area contributed by atoms with Gasteiger partial charge >= 0.3 is 0 Å². The molecule has 0 aromatic heterocycles. The summed E-state index contributed by atoms with van der Waals surface area (Å²) in [6, 6.07) is 13.6. The van der Waals surface area contributed by atoms with Crippen molar-refractivity contribution in [2.75, 3.05) is 23.3 Å². The van der Waals surface area contributed by atoms with Crippen molar-refractivity contribution in [1.29, 1.82) is 0 Å². The lowest BCUT2D eigenvalue weighted by molar-refractivity contribution is -0.121. The monoisotopic (exact) mass is 357 g/mol. The van der Waals surface area contributed by atoms with Crippen LogP contribution in [0, 0.1) is 0 Å². The first-order valence-electron chi connectivity index (χ1n) is 7.77. The summed E-state index contributed by atoms with van der Waals surface area (Å²) in [5.41, 5.74) is 1.74. The molecule has 3 amide bonds. The number of amides is 3. The molecule has 1 aliphatic rings. The maximum Gasteiger partial charge on any atom is 0.251 e. The maximum absolute atomic E-state index is 12.4. The second-order valence-electron chi connectivity index (χ2n) is 5.56. The predicted molar refractivity (Wildman–Crippen MR) is 95.8 cm³/mol. The molecule has 6 nitrogen and oxygen atoms in total. The van der Waals surface area contributed by atoms with E-state index in [1.807, 2.05) is 0 Å². The van der Waals surface area contributed by atoms with E-state index < -0.39 is 0 Å². The van der Waals surface area contributed by atoms with E-state index in [4.69, 9.17) is 11.6 Å². The van der Waals surface area contributed by atoms with Gasteiger partial charge in [-0.15, -0.1) is 0 Å². The topological polar surface area (TPSA) is 78.5 Å². The Bertz CT molecular complexity index is 821. The van der Waals surface area contributed by atoms with Crippen LogP contribution in [0.5, 0.6) is 0 Å². The van der Waals surface area contributed by atoms with Gasteiger partial charge in [0.2, 0.25) is 11.8 Å². The highest BCUT2D eigenvalue weighted by molar-refractivity contribution is 6.30. The highest BCUT2D eigenvalue weighted by Gasteiger charge is 2.26. The smallest absolute Gasteiger partial charge is 0.251 e. The van der Waals surface area contributed by atoms with Crippen LogP contribution < -0.4 is 15.5 Å². The zero-order chi connectivity index (χ0) is 17.8. The van der Waals surface area contributed by atoms with Gasteiger partial charge in [0, 0.05) is 23.6 Å². The minimum absolute atomic E-state index is 0.0268. The second-order valence-corrected chi connectivity index (χ2v) is 5.99. The van der Waals surface area contributed by atoms with Gasteiger partial charge in [-0.25, -0.2) is 0 Å². The van der Waals surface area contributed by atoms with Crippen LogP contribution in [0.3, 0.4) is 0 Å². The molecule has 1 aliphatic heterocycles.